The zero-order valence-corrected chi connectivity index (χ0v) is 13.4. The van der Waals surface area contributed by atoms with E-state index in [0.717, 1.165) is 6.42 Å². The highest BCUT2D eigenvalue weighted by molar-refractivity contribution is 6.34. The second kappa shape index (κ2) is 10.7. The van der Waals surface area contributed by atoms with Gasteiger partial charge in [-0.3, -0.25) is 4.79 Å². The van der Waals surface area contributed by atoms with Crippen molar-refractivity contribution in [1.82, 2.24) is 5.32 Å². The number of hydrogen-bond donors (Lipinski definition) is 1. The summed E-state index contributed by atoms with van der Waals surface area (Å²) < 4.78 is 15.4. The van der Waals surface area contributed by atoms with Crippen molar-refractivity contribution in [1.29, 1.82) is 0 Å². The van der Waals surface area contributed by atoms with Crippen LogP contribution in [0.2, 0.25) is 10.0 Å². The highest BCUT2D eigenvalue weighted by Gasteiger charge is 2.06. The lowest BCUT2D eigenvalue weighted by molar-refractivity contribution is -0.123. The molecule has 5 nitrogen and oxygen atoms in total. The van der Waals surface area contributed by atoms with Gasteiger partial charge in [0.1, 0.15) is 5.75 Å². The van der Waals surface area contributed by atoms with Gasteiger partial charge in [-0.05, 0) is 18.6 Å². The predicted molar refractivity (Wildman–Crippen MR) is 82.3 cm³/mol. The van der Waals surface area contributed by atoms with Gasteiger partial charge in [0.05, 0.1) is 18.2 Å². The number of amides is 1. The van der Waals surface area contributed by atoms with Crippen LogP contribution in [0.15, 0.2) is 18.2 Å². The summed E-state index contributed by atoms with van der Waals surface area (Å²) in [5, 5.41) is 3.64. The summed E-state index contributed by atoms with van der Waals surface area (Å²) in [4.78, 5) is 11.6. The van der Waals surface area contributed by atoms with E-state index in [-0.39, 0.29) is 12.5 Å². The minimum Gasteiger partial charge on any atom is -0.482 e. The minimum atomic E-state index is -0.220. The Morgan fingerprint density at radius 2 is 2.05 bits per heavy atom. The Hall–Kier alpha value is -1.01. The summed E-state index contributed by atoms with van der Waals surface area (Å²) in [6, 6.07) is 4.84. The molecule has 0 atom stereocenters. The van der Waals surface area contributed by atoms with Crippen molar-refractivity contribution in [2.75, 3.05) is 40.1 Å². The number of ether oxygens (including phenoxy) is 3. The van der Waals surface area contributed by atoms with E-state index in [9.17, 15) is 4.79 Å². The van der Waals surface area contributed by atoms with Gasteiger partial charge in [-0.15, -0.1) is 0 Å². The number of benzene rings is 1. The van der Waals surface area contributed by atoms with Crippen LogP contribution in [0.3, 0.4) is 0 Å². The third-order valence-electron chi connectivity index (χ3n) is 2.47. The highest BCUT2D eigenvalue weighted by atomic mass is 35.5. The lowest BCUT2D eigenvalue weighted by Gasteiger charge is -2.09. The second-order valence-corrected chi connectivity index (χ2v) is 5.02. The first-order valence-electron chi connectivity index (χ1n) is 6.54. The Labute approximate surface area is 134 Å². The Morgan fingerprint density at radius 3 is 2.81 bits per heavy atom. The lowest BCUT2D eigenvalue weighted by Crippen LogP contribution is -2.30. The van der Waals surface area contributed by atoms with Gasteiger partial charge in [-0.2, -0.15) is 0 Å². The van der Waals surface area contributed by atoms with Crippen molar-refractivity contribution >= 4 is 29.1 Å². The summed E-state index contributed by atoms with van der Waals surface area (Å²) >= 11 is 11.7. The van der Waals surface area contributed by atoms with E-state index in [4.69, 9.17) is 37.4 Å². The fourth-order valence-corrected chi connectivity index (χ4v) is 1.76. The molecule has 0 heterocycles. The molecule has 0 fully saturated rings. The van der Waals surface area contributed by atoms with Gasteiger partial charge in [-0.1, -0.05) is 23.2 Å². The fraction of sp³-hybridized carbons (Fsp3) is 0.500. The van der Waals surface area contributed by atoms with Crippen molar-refractivity contribution in [2.24, 2.45) is 0 Å². The van der Waals surface area contributed by atoms with Crippen LogP contribution in [-0.4, -0.2) is 46.0 Å². The average molecular weight is 336 g/mol. The van der Waals surface area contributed by atoms with Gasteiger partial charge in [-0.25, -0.2) is 0 Å². The van der Waals surface area contributed by atoms with E-state index in [2.05, 4.69) is 5.32 Å². The monoisotopic (exact) mass is 335 g/mol. The maximum Gasteiger partial charge on any atom is 0.257 e. The molecule has 118 valence electrons. The first kappa shape index (κ1) is 18.0. The molecule has 0 spiro atoms. The molecule has 0 radical (unpaired) electrons. The summed E-state index contributed by atoms with van der Waals surface area (Å²) in [7, 11) is 1.62. The van der Waals surface area contributed by atoms with Gasteiger partial charge in [0, 0.05) is 31.4 Å². The van der Waals surface area contributed by atoms with Crippen molar-refractivity contribution in [3.63, 3.8) is 0 Å². The Morgan fingerprint density at radius 1 is 1.24 bits per heavy atom. The molecular weight excluding hydrogens is 317 g/mol. The van der Waals surface area contributed by atoms with Gasteiger partial charge in [0.2, 0.25) is 0 Å². The number of carbonyl (C=O) groups excluding carboxylic acids is 1. The maximum atomic E-state index is 11.6. The molecule has 0 aliphatic heterocycles. The first-order chi connectivity index (χ1) is 10.1. The molecule has 21 heavy (non-hydrogen) atoms. The topological polar surface area (TPSA) is 56.8 Å². The number of halogens is 2. The molecule has 1 amide bonds. The van der Waals surface area contributed by atoms with Crippen LogP contribution >= 0.6 is 23.2 Å². The molecule has 0 aromatic heterocycles. The van der Waals surface area contributed by atoms with E-state index in [1.165, 1.54) is 0 Å². The summed E-state index contributed by atoms with van der Waals surface area (Å²) in [6.45, 7) is 2.12. The smallest absolute Gasteiger partial charge is 0.257 e. The van der Waals surface area contributed by atoms with Crippen molar-refractivity contribution in [3.05, 3.63) is 28.2 Å². The van der Waals surface area contributed by atoms with Gasteiger partial charge >= 0.3 is 0 Å². The van der Waals surface area contributed by atoms with Crippen LogP contribution < -0.4 is 10.1 Å². The van der Waals surface area contributed by atoms with Crippen LogP contribution in [0, 0.1) is 0 Å². The van der Waals surface area contributed by atoms with Gasteiger partial charge in [0.25, 0.3) is 5.91 Å². The number of carbonyl (C=O) groups is 1. The number of hydrogen-bond acceptors (Lipinski definition) is 4. The minimum absolute atomic E-state index is 0.107. The third kappa shape index (κ3) is 8.12. The highest BCUT2D eigenvalue weighted by Crippen LogP contribution is 2.27. The number of rotatable bonds is 10. The lowest BCUT2D eigenvalue weighted by atomic mass is 10.3. The molecule has 1 aromatic carbocycles. The van der Waals surface area contributed by atoms with Crippen LogP contribution in [0.4, 0.5) is 0 Å². The quantitative estimate of drug-likeness (QED) is 0.667. The maximum absolute atomic E-state index is 11.6. The molecular formula is C14H19Cl2NO4. The number of methoxy groups -OCH3 is 1. The largest absolute Gasteiger partial charge is 0.482 e. The normalized spacial score (nSPS) is 10.4. The van der Waals surface area contributed by atoms with Crippen molar-refractivity contribution < 1.29 is 19.0 Å². The first-order valence-corrected chi connectivity index (χ1v) is 7.30. The fourth-order valence-electron chi connectivity index (χ4n) is 1.43. The average Bonchev–Trinajstić information content (AvgIpc) is 2.47. The Kier molecular flexibility index (Phi) is 9.17. The summed E-state index contributed by atoms with van der Waals surface area (Å²) in [5.74, 6) is 0.171. The van der Waals surface area contributed by atoms with Gasteiger partial charge in [0.15, 0.2) is 6.61 Å². The zero-order valence-electron chi connectivity index (χ0n) is 11.9. The molecule has 0 aliphatic carbocycles. The van der Waals surface area contributed by atoms with E-state index in [1.807, 2.05) is 0 Å². The third-order valence-corrected chi connectivity index (χ3v) is 3.02. The zero-order chi connectivity index (χ0) is 15.5. The standard InChI is InChI=1S/C14H19Cl2NO4/c1-19-7-8-20-6-2-5-17-14(18)10-21-13-9-11(15)3-4-12(13)16/h3-4,9H,2,5-8,10H2,1H3,(H,17,18). The van der Waals surface area contributed by atoms with E-state index >= 15 is 0 Å². The molecule has 0 aliphatic rings. The van der Waals surface area contributed by atoms with E-state index < -0.39 is 0 Å². The molecule has 0 saturated heterocycles. The second-order valence-electron chi connectivity index (χ2n) is 4.17. The van der Waals surface area contributed by atoms with E-state index in [1.54, 1.807) is 25.3 Å². The Balaban J connectivity index is 2.12. The molecule has 0 unspecified atom stereocenters. The van der Waals surface area contributed by atoms with E-state index in [0.29, 0.717) is 42.2 Å². The molecule has 7 heteroatoms. The van der Waals surface area contributed by atoms with Crippen LogP contribution in [0.25, 0.3) is 0 Å². The molecule has 0 saturated carbocycles. The predicted octanol–water partition coefficient (Wildman–Crippen LogP) is 2.54. The molecule has 1 aromatic rings. The molecule has 1 rings (SSSR count). The van der Waals surface area contributed by atoms with Crippen molar-refractivity contribution in [2.45, 2.75) is 6.42 Å². The van der Waals surface area contributed by atoms with Gasteiger partial charge < -0.3 is 19.5 Å². The van der Waals surface area contributed by atoms with Crippen LogP contribution in [0.1, 0.15) is 6.42 Å². The van der Waals surface area contributed by atoms with Crippen LogP contribution in [0.5, 0.6) is 5.75 Å². The summed E-state index contributed by atoms with van der Waals surface area (Å²) in [5.41, 5.74) is 0. The van der Waals surface area contributed by atoms with Crippen molar-refractivity contribution in [3.8, 4) is 5.75 Å². The number of nitrogens with one attached hydrogen (secondary N) is 1. The molecule has 1 N–H and O–H groups in total. The SMILES string of the molecule is COCCOCCCNC(=O)COc1cc(Cl)ccc1Cl. The molecule has 0 bridgehead atoms. The summed E-state index contributed by atoms with van der Waals surface area (Å²) in [6.07, 6.45) is 0.730. The Bertz CT molecular complexity index is 443. The van der Waals surface area contributed by atoms with Crippen LogP contribution in [-0.2, 0) is 14.3 Å².